The van der Waals surface area contributed by atoms with E-state index in [4.69, 9.17) is 76.1 Å². The number of benzene rings is 7. The van der Waals surface area contributed by atoms with Gasteiger partial charge >= 0.3 is 5.63 Å². The Morgan fingerprint density at radius 3 is 1.26 bits per heavy atom. The van der Waals surface area contributed by atoms with Crippen LogP contribution in [0.2, 0.25) is 0 Å². The van der Waals surface area contributed by atoms with E-state index in [1.54, 1.807) is 24.3 Å². The molecule has 7 aromatic carbocycles. The van der Waals surface area contributed by atoms with E-state index in [0.717, 1.165) is 112 Å². The second kappa shape index (κ2) is 57.3. The van der Waals surface area contributed by atoms with E-state index in [0.29, 0.717) is 35.3 Å². The molecule has 0 amide bonds. The Morgan fingerprint density at radius 1 is 0.516 bits per heavy atom. The number of nitrogens with one attached hydrogen (secondary N) is 1. The van der Waals surface area contributed by atoms with E-state index < -0.39 is 105 Å². The van der Waals surface area contributed by atoms with E-state index in [-0.39, 0.29) is 50.0 Å². The minimum absolute atomic E-state index is 0.0492. The molecule has 0 fully saturated rings. The molecule has 126 heavy (non-hydrogen) atoms. The van der Waals surface area contributed by atoms with Gasteiger partial charge in [-0.05, 0) is 195 Å². The van der Waals surface area contributed by atoms with E-state index in [9.17, 15) is 65.1 Å². The van der Waals surface area contributed by atoms with Crippen LogP contribution in [0.4, 0.5) is 34.1 Å². The Hall–Kier alpha value is -11.3. The number of allylic oxidation sites excluding steroid dienone is 3. The quantitative estimate of drug-likeness (QED) is 0.00538. The number of aliphatic carboxylic acids is 5. The maximum Gasteiger partial charge on any atom is 0.344 e. The number of aryl methyl sites for hydroxylation is 1. The molecule has 1 aliphatic rings. The van der Waals surface area contributed by atoms with Crippen molar-refractivity contribution >= 4 is 251 Å². The number of nitrogens with two attached hydrogens (primary N) is 2. The average molecular weight is 1950 g/mol. The number of aliphatic imine (C=N–C) groups is 5. The van der Waals surface area contributed by atoms with E-state index in [1.807, 2.05) is 68.4 Å². The Balaban J connectivity index is 0.00000151. The summed E-state index contributed by atoms with van der Waals surface area (Å²) in [5.74, 6) is -4.99. The minimum atomic E-state index is -4.61. The summed E-state index contributed by atoms with van der Waals surface area (Å²) in [6.45, 7) is 16.5. The number of nitrogens with zero attached hydrogens (tertiary/aromatic N) is 7. The van der Waals surface area contributed by atoms with Crippen molar-refractivity contribution in [2.75, 3.05) is 63.2 Å². The van der Waals surface area contributed by atoms with Gasteiger partial charge in [0.2, 0.25) is 0 Å². The summed E-state index contributed by atoms with van der Waals surface area (Å²) in [5.41, 5.74) is 16.5. The molecule has 0 spiro atoms. The van der Waals surface area contributed by atoms with Gasteiger partial charge in [0.05, 0.1) is 64.7 Å². The first kappa shape index (κ1) is 115. The van der Waals surface area contributed by atoms with Crippen LogP contribution in [0.25, 0.3) is 51.1 Å². The predicted octanol–water partition coefficient (Wildman–Crippen LogP) is 14.1. The smallest absolute Gasteiger partial charge is 0.344 e. The third-order valence-electron chi connectivity index (χ3n) is 14.9. The molecule has 0 radical (unpaired) electrons. The summed E-state index contributed by atoms with van der Waals surface area (Å²) in [7, 11) is -12.8. The number of rotatable bonds is 23. The molecule has 0 aliphatic heterocycles. The van der Waals surface area contributed by atoms with Crippen LogP contribution in [0.1, 0.15) is 70.7 Å². The van der Waals surface area contributed by atoms with Gasteiger partial charge in [-0.15, -0.1) is 0 Å². The van der Waals surface area contributed by atoms with Crippen molar-refractivity contribution in [1.29, 1.82) is 0 Å². The fraction of sp³-hybridized carbons (Fsp3) is 0.228. The lowest BCUT2D eigenvalue weighted by Gasteiger charge is -2.21. The molecule has 8 aromatic rings. The summed E-state index contributed by atoms with van der Waals surface area (Å²) < 4.78 is 160. The highest BCUT2D eigenvalue weighted by Gasteiger charge is 2.30. The predicted molar refractivity (Wildman–Crippen MR) is 502 cm³/mol. The van der Waals surface area contributed by atoms with Gasteiger partial charge in [0.1, 0.15) is 25.5 Å². The molecule has 1 aromatic heterocycles. The molecule has 47 heteroatoms. The monoisotopic (exact) mass is 1950 g/mol. The molecule has 2 atom stereocenters. The van der Waals surface area contributed by atoms with Crippen LogP contribution in [0.3, 0.4) is 0 Å². The maximum atomic E-state index is 12.7. The second-order valence-electron chi connectivity index (χ2n) is 24.5. The number of anilines is 2. The lowest BCUT2D eigenvalue weighted by atomic mass is 9.97. The molecule has 1 heterocycles. The summed E-state index contributed by atoms with van der Waals surface area (Å²) in [4.78, 5) is 79.1. The zero-order chi connectivity index (χ0) is 96.6. The highest BCUT2D eigenvalue weighted by Crippen LogP contribution is 2.35. The topological polar surface area (TPSA) is 601 Å². The number of isothiocyanates is 5. The molecule has 676 valence electrons. The van der Waals surface area contributed by atoms with Crippen LogP contribution < -0.4 is 32.2 Å². The number of carbonyl (C=O) groups is 5. The van der Waals surface area contributed by atoms with Crippen LogP contribution >= 0.6 is 71.8 Å². The summed E-state index contributed by atoms with van der Waals surface area (Å²) in [5, 5.41) is 51.9. The van der Waals surface area contributed by atoms with E-state index in [1.165, 1.54) is 85.0 Å². The van der Waals surface area contributed by atoms with Gasteiger partial charge in [-0.2, -0.15) is 58.6 Å². The third-order valence-corrected chi connectivity index (χ3v) is 20.6. The molecule has 0 bridgehead atoms. The normalized spacial score (nSPS) is 12.2. The molecule has 2 unspecified atom stereocenters. The largest absolute Gasteiger partial charge is 0.481 e. The second-order valence-corrected chi connectivity index (χ2v) is 33.7. The Labute approximate surface area is 757 Å². The van der Waals surface area contributed by atoms with E-state index in [2.05, 4.69) is 142 Å². The lowest BCUT2D eigenvalue weighted by molar-refractivity contribution is -0.135. The minimum Gasteiger partial charge on any atom is -0.481 e. The molecule has 1 aliphatic carbocycles. The van der Waals surface area contributed by atoms with Crippen LogP contribution in [-0.4, -0.2) is 200 Å². The Morgan fingerprint density at radius 2 is 0.897 bits per heavy atom. The van der Waals surface area contributed by atoms with Crippen molar-refractivity contribution in [3.8, 4) is 11.1 Å². The van der Waals surface area contributed by atoms with Gasteiger partial charge in [-0.1, -0.05) is 85.0 Å². The van der Waals surface area contributed by atoms with Gasteiger partial charge in [-0.25, -0.2) is 13.2 Å². The highest BCUT2D eigenvalue weighted by atomic mass is 35.7. The SMILES string of the molecule is CC(=O)O.CC(=O)O.CC(=O)O.CC(=O)O.CC(=O)O.CCN(CC)c1ccc2c(C)c(-c3ccc(N=C=S)cc3)c(=O)oc2c1.CN(C)c1cccc2c(S(=O)(=O)Cl)cccc12.NCCNCCN.O=S(=O)(O)c1cc(N=C=S)ccc1C=CC1C=CC(N=C=S)=CC1S(=O)(=O)O.O=S(=O)(O)c1cc(N=C=S)ccc1C=Cc1ccc(N=C=S)cc1S(=O)(=O)O. The maximum absolute atomic E-state index is 12.7. The van der Waals surface area contributed by atoms with Crippen molar-refractivity contribution in [2.24, 2.45) is 42.3 Å². The van der Waals surface area contributed by atoms with Crippen molar-refractivity contribution in [3.05, 3.63) is 196 Å². The molecule has 9 rings (SSSR count). The zero-order valence-corrected chi connectivity index (χ0v) is 77.3. The molecular weight excluding hydrogens is 1860 g/mol. The van der Waals surface area contributed by atoms with Crippen LogP contribution in [0, 0.1) is 12.8 Å². The van der Waals surface area contributed by atoms with Crippen LogP contribution in [0.15, 0.2) is 217 Å². The number of halogens is 1. The summed E-state index contributed by atoms with van der Waals surface area (Å²) in [6, 6.07) is 35.5. The number of hydrogen-bond donors (Lipinski definition) is 12. The number of thiocarbonyl (C=S) groups is 5. The number of fused-ring (bicyclic) bond motifs is 2. The Kier molecular flexibility index (Phi) is 52.2. The van der Waals surface area contributed by atoms with E-state index >= 15 is 0 Å². The summed E-state index contributed by atoms with van der Waals surface area (Å²) in [6.07, 6.45) is 9.32. The highest BCUT2D eigenvalue weighted by molar-refractivity contribution is 8.14. The van der Waals surface area contributed by atoms with Gasteiger partial charge in [0.15, 0.2) is 0 Å². The first-order chi connectivity index (χ1) is 58.7. The lowest BCUT2D eigenvalue weighted by Crippen LogP contribution is -2.27. The molecule has 36 nitrogen and oxygen atoms in total. The number of carboxylic acids is 5. The zero-order valence-electron chi connectivity index (χ0n) is 68.4. The standard InChI is InChI=1S/C21H20N2O2S.C16H12N2O6S4.C16H10N2O6S4.C12H12ClNO2S.C4H13N3.5C2H4O2/c1-4-23(5-2)17-10-11-18-14(3)20(21(24)25-19(18)12-17)15-6-8-16(9-7-15)22-13-26;2*19-27(20,21)15-7-13(17-9-25)5-3-11(15)1-2-12-4-6-14(18-10-26)8-16(12)28(22,23)24;1-14(2)11-7-3-6-10-9(11)5-4-8-12(10)17(13,15)16;5-1-3-7-4-2-6;5*1-2(3)4/h6-12H,4-5H2,1-3H3;1-8,11,15H,(H,19,20,21)(H,22,23,24);1-8H,(H,19,20,21)(H,22,23,24);3-8H,1-2H3;7H,1-6H2;5*1H3,(H,3,4). The molecule has 0 saturated heterocycles. The van der Waals surface area contributed by atoms with Crippen LogP contribution in [0.5, 0.6) is 0 Å². The van der Waals surface area contributed by atoms with Gasteiger partial charge in [-0.3, -0.25) is 42.2 Å². The molecular formula is C79H87ClN10O26S10. The van der Waals surface area contributed by atoms with Crippen LogP contribution in [-0.2, 0) is 73.5 Å². The van der Waals surface area contributed by atoms with Crippen molar-refractivity contribution in [2.45, 2.75) is 80.2 Å². The fourth-order valence-electron chi connectivity index (χ4n) is 10.1. The molecule has 0 saturated carbocycles. The van der Waals surface area contributed by atoms with Crippen molar-refractivity contribution in [1.82, 2.24) is 5.32 Å². The number of hydrogen-bond acceptors (Lipinski definition) is 32. The Bertz CT molecular complexity index is 6050. The number of carboxylic acid groups (broad SMARTS) is 5. The third kappa shape index (κ3) is 44.0. The van der Waals surface area contributed by atoms with Crippen molar-refractivity contribution < 1.29 is 114 Å². The first-order valence-corrected chi connectivity index (χ1v) is 45.5. The van der Waals surface area contributed by atoms with Gasteiger partial charge < -0.3 is 56.5 Å². The fourth-order valence-corrected chi connectivity index (χ4v) is 14.7. The summed E-state index contributed by atoms with van der Waals surface area (Å²) >= 11 is 22.5. The molecule has 14 N–H and O–H groups in total. The average Bonchev–Trinajstić information content (AvgIpc) is 0.775. The first-order valence-electron chi connectivity index (χ1n) is 35.3. The van der Waals surface area contributed by atoms with Gasteiger partial charge in [0, 0.05) is 138 Å². The van der Waals surface area contributed by atoms with Crippen molar-refractivity contribution in [3.63, 3.8) is 0 Å². The van der Waals surface area contributed by atoms with Gasteiger partial charge in [0.25, 0.3) is 79.4 Å².